The summed E-state index contributed by atoms with van der Waals surface area (Å²) in [6, 6.07) is 9.78. The zero-order valence-corrected chi connectivity index (χ0v) is 11.2. The van der Waals surface area contributed by atoms with Crippen LogP contribution in [-0.4, -0.2) is 31.1 Å². The van der Waals surface area contributed by atoms with E-state index in [1.54, 1.807) is 4.68 Å². The van der Waals surface area contributed by atoms with E-state index in [0.717, 1.165) is 18.4 Å². The maximum Gasteiger partial charge on any atom is 0.204 e. The van der Waals surface area contributed by atoms with Crippen molar-refractivity contribution < 1.29 is 5.21 Å². The van der Waals surface area contributed by atoms with Gasteiger partial charge in [0.15, 0.2) is 5.71 Å². The number of hydrogen-bond donors (Lipinski definition) is 1. The standard InChI is InChI=1S/C14H17N5O/c20-16-13(11-7-3-1-4-8-11)14-15-17-18-19(14)12-9-5-2-6-10-12/h1,3-4,7-8,12,20H,2,5-6,9-10H2/b16-13-. The average Bonchev–Trinajstić information content (AvgIpc) is 2.99. The number of benzene rings is 1. The average molecular weight is 271 g/mol. The molecule has 3 rings (SSSR count). The second-order valence-electron chi connectivity index (χ2n) is 5.05. The van der Waals surface area contributed by atoms with E-state index in [4.69, 9.17) is 0 Å². The van der Waals surface area contributed by atoms with Crippen molar-refractivity contribution in [2.75, 3.05) is 0 Å². The lowest BCUT2D eigenvalue weighted by molar-refractivity contribution is 0.312. The van der Waals surface area contributed by atoms with Crippen LogP contribution in [0.15, 0.2) is 35.5 Å². The molecule has 0 radical (unpaired) electrons. The molecule has 0 atom stereocenters. The largest absolute Gasteiger partial charge is 0.410 e. The molecule has 2 aromatic rings. The summed E-state index contributed by atoms with van der Waals surface area (Å²) in [6.45, 7) is 0. The van der Waals surface area contributed by atoms with Crippen molar-refractivity contribution in [3.63, 3.8) is 0 Å². The second kappa shape index (κ2) is 5.81. The Morgan fingerprint density at radius 3 is 2.60 bits per heavy atom. The maximum atomic E-state index is 9.35. The first-order chi connectivity index (χ1) is 9.90. The van der Waals surface area contributed by atoms with Gasteiger partial charge in [0.25, 0.3) is 0 Å². The monoisotopic (exact) mass is 271 g/mol. The van der Waals surface area contributed by atoms with Crippen LogP contribution in [0.5, 0.6) is 0 Å². The third-order valence-corrected chi connectivity index (χ3v) is 3.77. The highest BCUT2D eigenvalue weighted by Gasteiger charge is 2.23. The van der Waals surface area contributed by atoms with E-state index in [1.807, 2.05) is 30.3 Å². The van der Waals surface area contributed by atoms with Crippen molar-refractivity contribution in [3.8, 4) is 0 Å². The van der Waals surface area contributed by atoms with Gasteiger partial charge in [-0.2, -0.15) is 0 Å². The van der Waals surface area contributed by atoms with Crippen molar-refractivity contribution in [3.05, 3.63) is 41.7 Å². The first-order valence-electron chi connectivity index (χ1n) is 6.96. The lowest BCUT2D eigenvalue weighted by Crippen LogP contribution is -2.20. The summed E-state index contributed by atoms with van der Waals surface area (Å²) in [6.07, 6.45) is 5.81. The topological polar surface area (TPSA) is 76.2 Å². The number of hydrogen-bond acceptors (Lipinski definition) is 5. The van der Waals surface area contributed by atoms with Gasteiger partial charge in [-0.05, 0) is 23.3 Å². The normalized spacial score (nSPS) is 17.3. The van der Waals surface area contributed by atoms with Gasteiger partial charge in [-0.25, -0.2) is 4.68 Å². The molecular formula is C14H17N5O. The van der Waals surface area contributed by atoms with Gasteiger partial charge in [0.2, 0.25) is 5.82 Å². The van der Waals surface area contributed by atoms with Gasteiger partial charge in [-0.3, -0.25) is 0 Å². The van der Waals surface area contributed by atoms with Crippen molar-refractivity contribution in [2.45, 2.75) is 38.1 Å². The minimum Gasteiger partial charge on any atom is -0.410 e. The third-order valence-electron chi connectivity index (χ3n) is 3.77. The predicted octanol–water partition coefficient (Wildman–Crippen LogP) is 2.40. The molecule has 1 N–H and O–H groups in total. The van der Waals surface area contributed by atoms with E-state index < -0.39 is 0 Å². The molecule has 1 aromatic heterocycles. The fourth-order valence-corrected chi connectivity index (χ4v) is 2.75. The van der Waals surface area contributed by atoms with E-state index in [2.05, 4.69) is 20.7 Å². The number of rotatable bonds is 3. The molecule has 1 fully saturated rings. The molecule has 6 nitrogen and oxygen atoms in total. The molecule has 1 aromatic carbocycles. The predicted molar refractivity (Wildman–Crippen MR) is 73.8 cm³/mol. The summed E-state index contributed by atoms with van der Waals surface area (Å²) in [5.41, 5.74) is 1.23. The Morgan fingerprint density at radius 1 is 1.15 bits per heavy atom. The summed E-state index contributed by atoms with van der Waals surface area (Å²) >= 11 is 0. The van der Waals surface area contributed by atoms with Crippen LogP contribution in [0.25, 0.3) is 0 Å². The molecule has 1 aliphatic carbocycles. The Balaban J connectivity index is 1.95. The first kappa shape index (κ1) is 12.8. The van der Waals surface area contributed by atoms with E-state index in [-0.39, 0.29) is 0 Å². The molecular weight excluding hydrogens is 254 g/mol. The fourth-order valence-electron chi connectivity index (χ4n) is 2.75. The highest BCUT2D eigenvalue weighted by molar-refractivity contribution is 6.10. The molecule has 0 amide bonds. The van der Waals surface area contributed by atoms with Crippen LogP contribution < -0.4 is 0 Å². The maximum absolute atomic E-state index is 9.35. The van der Waals surface area contributed by atoms with Gasteiger partial charge < -0.3 is 5.21 Å². The van der Waals surface area contributed by atoms with Crippen LogP contribution in [0, 0.1) is 0 Å². The van der Waals surface area contributed by atoms with Crippen LogP contribution in [-0.2, 0) is 0 Å². The number of aromatic nitrogens is 4. The number of nitrogens with zero attached hydrogens (tertiary/aromatic N) is 5. The SMILES string of the molecule is O/N=C(/c1ccccc1)c1nnnn1C1CCCCC1. The van der Waals surface area contributed by atoms with Gasteiger partial charge in [0.05, 0.1) is 6.04 Å². The van der Waals surface area contributed by atoms with E-state index in [0.29, 0.717) is 17.6 Å². The number of tetrazole rings is 1. The first-order valence-corrected chi connectivity index (χ1v) is 6.96. The second-order valence-corrected chi connectivity index (χ2v) is 5.05. The van der Waals surface area contributed by atoms with E-state index in [1.165, 1.54) is 19.3 Å². The molecule has 0 bridgehead atoms. The molecule has 1 aliphatic rings. The van der Waals surface area contributed by atoms with Crippen LogP contribution in [0.2, 0.25) is 0 Å². The lowest BCUT2D eigenvalue weighted by atomic mass is 9.95. The Labute approximate surface area is 117 Å². The van der Waals surface area contributed by atoms with Crippen LogP contribution >= 0.6 is 0 Å². The van der Waals surface area contributed by atoms with Crippen molar-refractivity contribution in [1.82, 2.24) is 20.2 Å². The minimum absolute atomic E-state index is 0.300. The molecule has 6 heteroatoms. The third kappa shape index (κ3) is 2.41. The summed E-state index contributed by atoms with van der Waals surface area (Å²) in [4.78, 5) is 0. The van der Waals surface area contributed by atoms with Gasteiger partial charge in [0.1, 0.15) is 0 Å². The van der Waals surface area contributed by atoms with Gasteiger partial charge >= 0.3 is 0 Å². The summed E-state index contributed by atoms with van der Waals surface area (Å²) in [5, 5.41) is 24.7. The smallest absolute Gasteiger partial charge is 0.204 e. The Morgan fingerprint density at radius 2 is 1.90 bits per heavy atom. The highest BCUT2D eigenvalue weighted by atomic mass is 16.4. The molecule has 104 valence electrons. The molecule has 0 saturated heterocycles. The zero-order valence-electron chi connectivity index (χ0n) is 11.2. The lowest BCUT2D eigenvalue weighted by Gasteiger charge is -2.22. The summed E-state index contributed by atoms with van der Waals surface area (Å²) in [5.74, 6) is 0.533. The Hall–Kier alpha value is -2.24. The van der Waals surface area contributed by atoms with E-state index >= 15 is 0 Å². The molecule has 20 heavy (non-hydrogen) atoms. The summed E-state index contributed by atoms with van der Waals surface area (Å²) < 4.78 is 1.81. The number of oxime groups is 1. The Kier molecular flexibility index (Phi) is 3.71. The minimum atomic E-state index is 0.300. The highest BCUT2D eigenvalue weighted by Crippen LogP contribution is 2.28. The van der Waals surface area contributed by atoms with Gasteiger partial charge in [0, 0.05) is 5.56 Å². The van der Waals surface area contributed by atoms with Gasteiger partial charge in [-0.15, -0.1) is 5.10 Å². The van der Waals surface area contributed by atoms with Crippen molar-refractivity contribution in [2.24, 2.45) is 5.16 Å². The van der Waals surface area contributed by atoms with Gasteiger partial charge in [-0.1, -0.05) is 54.8 Å². The van der Waals surface area contributed by atoms with Crippen molar-refractivity contribution in [1.29, 1.82) is 0 Å². The molecule has 1 saturated carbocycles. The Bertz CT molecular complexity index is 587. The molecule has 1 heterocycles. The quantitative estimate of drug-likeness (QED) is 0.528. The fraction of sp³-hybridized carbons (Fsp3) is 0.429. The van der Waals surface area contributed by atoms with Crippen LogP contribution in [0.3, 0.4) is 0 Å². The molecule has 0 aliphatic heterocycles. The van der Waals surface area contributed by atoms with Crippen LogP contribution in [0.1, 0.15) is 49.5 Å². The van der Waals surface area contributed by atoms with Crippen molar-refractivity contribution >= 4 is 5.71 Å². The molecule has 0 unspecified atom stereocenters. The zero-order chi connectivity index (χ0) is 13.8. The summed E-state index contributed by atoms with van der Waals surface area (Å²) in [7, 11) is 0. The van der Waals surface area contributed by atoms with Crippen LogP contribution in [0.4, 0.5) is 0 Å². The van der Waals surface area contributed by atoms with E-state index in [9.17, 15) is 5.21 Å². The molecule has 0 spiro atoms.